The van der Waals surface area contributed by atoms with Crippen LogP contribution in [-0.2, 0) is 5.88 Å². The molecule has 0 atom stereocenters. The second-order valence-electron chi connectivity index (χ2n) is 5.44. The van der Waals surface area contributed by atoms with Crippen LogP contribution in [0.1, 0.15) is 10.4 Å². The van der Waals surface area contributed by atoms with Gasteiger partial charge in [0.1, 0.15) is 11.4 Å². The van der Waals surface area contributed by atoms with Crippen molar-refractivity contribution in [2.45, 2.75) is 10.9 Å². The average molecular weight is 352 g/mol. The fourth-order valence-electron chi connectivity index (χ4n) is 3.00. The number of nitrogens with zero attached hydrogens (tertiary/aromatic N) is 2. The maximum Gasteiger partial charge on any atom is 0.342 e. The van der Waals surface area contributed by atoms with Crippen LogP contribution >= 0.6 is 23.5 Å². The van der Waals surface area contributed by atoms with Gasteiger partial charge in [0.25, 0.3) is 0 Å². The molecule has 1 fully saturated rings. The smallest absolute Gasteiger partial charge is 0.342 e. The molecule has 3 heterocycles. The molecule has 0 bridgehead atoms. The highest BCUT2D eigenvalue weighted by molar-refractivity contribution is 7.99. The van der Waals surface area contributed by atoms with E-state index in [1.165, 1.54) is 23.9 Å². The third kappa shape index (κ3) is 2.23. The molecule has 1 aromatic carbocycles. The van der Waals surface area contributed by atoms with E-state index < -0.39 is 11.4 Å². The van der Waals surface area contributed by atoms with Crippen molar-refractivity contribution in [3.8, 4) is 0 Å². The molecular formula is C15H13FN2O3S2. The predicted molar refractivity (Wildman–Crippen MR) is 90.5 cm³/mol. The highest BCUT2D eigenvalue weighted by Crippen LogP contribution is 2.37. The highest BCUT2D eigenvalue weighted by atomic mass is 32.2. The molecule has 1 N–H and O–H groups in total. The minimum Gasteiger partial charge on any atom is -0.477 e. The number of halogens is 1. The Morgan fingerprint density at radius 3 is 2.61 bits per heavy atom. The monoisotopic (exact) mass is 352 g/mol. The summed E-state index contributed by atoms with van der Waals surface area (Å²) in [5, 5.41) is 10.0. The van der Waals surface area contributed by atoms with Crippen molar-refractivity contribution in [1.82, 2.24) is 4.57 Å². The summed E-state index contributed by atoms with van der Waals surface area (Å²) in [7, 11) is 0. The zero-order valence-corrected chi connectivity index (χ0v) is 13.7. The Labute approximate surface area is 139 Å². The number of carboxylic acids is 1. The van der Waals surface area contributed by atoms with E-state index >= 15 is 0 Å². The maximum absolute atomic E-state index is 14.5. The second-order valence-corrected chi connectivity index (χ2v) is 7.59. The molecular weight excluding hydrogens is 339 g/mol. The Morgan fingerprint density at radius 2 is 2.00 bits per heavy atom. The number of fused-ring (bicyclic) bond motifs is 3. The van der Waals surface area contributed by atoms with E-state index in [0.29, 0.717) is 22.1 Å². The van der Waals surface area contributed by atoms with E-state index in [9.17, 15) is 19.1 Å². The summed E-state index contributed by atoms with van der Waals surface area (Å²) in [4.78, 5) is 25.9. The molecule has 0 unspecified atom stereocenters. The molecule has 4 rings (SSSR count). The van der Waals surface area contributed by atoms with Crippen LogP contribution in [0.3, 0.4) is 0 Å². The van der Waals surface area contributed by atoms with Gasteiger partial charge in [-0.1, -0.05) is 11.8 Å². The van der Waals surface area contributed by atoms with Gasteiger partial charge in [-0.15, -0.1) is 0 Å². The van der Waals surface area contributed by atoms with Gasteiger partial charge < -0.3 is 14.6 Å². The lowest BCUT2D eigenvalue weighted by Gasteiger charge is -2.30. The fourth-order valence-corrected chi connectivity index (χ4v) is 4.86. The molecule has 23 heavy (non-hydrogen) atoms. The normalized spacial score (nSPS) is 17.0. The van der Waals surface area contributed by atoms with E-state index in [0.717, 1.165) is 24.6 Å². The Hall–Kier alpha value is -1.67. The van der Waals surface area contributed by atoms with Gasteiger partial charge in [0, 0.05) is 36.0 Å². The molecule has 0 radical (unpaired) electrons. The van der Waals surface area contributed by atoms with E-state index in [2.05, 4.69) is 0 Å². The van der Waals surface area contributed by atoms with Crippen molar-refractivity contribution in [2.24, 2.45) is 0 Å². The molecule has 0 saturated carbocycles. The van der Waals surface area contributed by atoms with Crippen molar-refractivity contribution in [1.29, 1.82) is 0 Å². The topological polar surface area (TPSA) is 62.5 Å². The number of thioether (sulfide) groups is 2. The first-order valence-electron chi connectivity index (χ1n) is 7.17. The van der Waals surface area contributed by atoms with Gasteiger partial charge in [0.2, 0.25) is 5.43 Å². The van der Waals surface area contributed by atoms with Gasteiger partial charge >= 0.3 is 5.97 Å². The van der Waals surface area contributed by atoms with Gasteiger partial charge in [-0.05, 0) is 6.07 Å². The third-order valence-electron chi connectivity index (χ3n) is 4.18. The quantitative estimate of drug-likeness (QED) is 0.896. The first kappa shape index (κ1) is 14.9. The Balaban J connectivity index is 1.97. The van der Waals surface area contributed by atoms with Crippen LogP contribution < -0.4 is 10.3 Å². The summed E-state index contributed by atoms with van der Waals surface area (Å²) in [6.45, 7) is 1.45. The molecule has 8 heteroatoms. The van der Waals surface area contributed by atoms with Gasteiger partial charge in [0.05, 0.1) is 22.1 Å². The van der Waals surface area contributed by atoms with Gasteiger partial charge in [-0.25, -0.2) is 9.18 Å². The fraction of sp³-hybridized carbons (Fsp3) is 0.333. The molecule has 0 aliphatic carbocycles. The summed E-state index contributed by atoms with van der Waals surface area (Å²) in [5.74, 6) is 0.771. The number of anilines is 1. The van der Waals surface area contributed by atoms with Gasteiger partial charge in [0.15, 0.2) is 0 Å². The number of benzene rings is 1. The van der Waals surface area contributed by atoms with Crippen LogP contribution in [-0.4, -0.2) is 40.2 Å². The minimum atomic E-state index is -1.23. The SMILES string of the molecule is O=C(O)c1c2n(c3cc(F)c(N4CCSCC4)cc3c1=O)CS2. The Kier molecular flexibility index (Phi) is 3.53. The number of hydrogen-bond acceptors (Lipinski definition) is 5. The van der Waals surface area contributed by atoms with Crippen LogP contribution in [0.15, 0.2) is 22.0 Å². The predicted octanol–water partition coefficient (Wildman–Crippen LogP) is 2.46. The van der Waals surface area contributed by atoms with Crippen molar-refractivity contribution in [3.63, 3.8) is 0 Å². The van der Waals surface area contributed by atoms with Crippen molar-refractivity contribution < 1.29 is 14.3 Å². The number of rotatable bonds is 2. The molecule has 2 aliphatic heterocycles. The second kappa shape index (κ2) is 5.45. The average Bonchev–Trinajstić information content (AvgIpc) is 2.50. The largest absolute Gasteiger partial charge is 0.477 e. The molecule has 0 amide bonds. The van der Waals surface area contributed by atoms with Crippen LogP contribution in [0.5, 0.6) is 0 Å². The Morgan fingerprint density at radius 1 is 1.26 bits per heavy atom. The van der Waals surface area contributed by atoms with E-state index in [-0.39, 0.29) is 16.8 Å². The minimum absolute atomic E-state index is 0.208. The molecule has 0 spiro atoms. The zero-order chi connectivity index (χ0) is 16.1. The van der Waals surface area contributed by atoms with E-state index in [1.54, 1.807) is 4.57 Å². The standard InChI is InChI=1S/C15H13FN2O3S2/c16-9-6-10-8(5-11(9)17-1-3-22-4-2-17)13(19)12(15(20)21)14-18(10)7-23-14/h5-6H,1-4,7H2,(H,20,21). The lowest BCUT2D eigenvalue weighted by Crippen LogP contribution is -2.33. The Bertz CT molecular complexity index is 891. The first-order valence-corrected chi connectivity index (χ1v) is 9.31. The summed E-state index contributed by atoms with van der Waals surface area (Å²) in [6, 6.07) is 2.88. The highest BCUT2D eigenvalue weighted by Gasteiger charge is 2.29. The summed E-state index contributed by atoms with van der Waals surface area (Å²) in [6.07, 6.45) is 0. The molecule has 5 nitrogen and oxygen atoms in total. The molecule has 2 aromatic rings. The molecule has 1 aromatic heterocycles. The maximum atomic E-state index is 14.5. The number of carboxylic acid groups (broad SMARTS) is 1. The third-order valence-corrected chi connectivity index (χ3v) is 6.21. The number of hydrogen-bond donors (Lipinski definition) is 1. The number of aromatic carboxylic acids is 1. The van der Waals surface area contributed by atoms with Crippen molar-refractivity contribution in [2.75, 3.05) is 29.5 Å². The number of pyridine rings is 1. The summed E-state index contributed by atoms with van der Waals surface area (Å²) < 4.78 is 16.2. The lowest BCUT2D eigenvalue weighted by atomic mass is 10.1. The summed E-state index contributed by atoms with van der Waals surface area (Å²) >= 11 is 3.11. The first-order chi connectivity index (χ1) is 11.1. The van der Waals surface area contributed by atoms with Gasteiger partial charge in [-0.3, -0.25) is 4.79 Å². The molecule has 120 valence electrons. The van der Waals surface area contributed by atoms with E-state index in [1.807, 2.05) is 16.7 Å². The molecule has 2 aliphatic rings. The van der Waals surface area contributed by atoms with Crippen molar-refractivity contribution >= 4 is 46.1 Å². The van der Waals surface area contributed by atoms with Crippen LogP contribution in [0.2, 0.25) is 0 Å². The number of aromatic nitrogens is 1. The van der Waals surface area contributed by atoms with Crippen LogP contribution in [0.25, 0.3) is 10.9 Å². The summed E-state index contributed by atoms with van der Waals surface area (Å²) in [5.41, 5.74) is 0.124. The van der Waals surface area contributed by atoms with E-state index in [4.69, 9.17) is 0 Å². The zero-order valence-electron chi connectivity index (χ0n) is 12.0. The van der Waals surface area contributed by atoms with Crippen molar-refractivity contribution in [3.05, 3.63) is 33.7 Å². The molecule has 1 saturated heterocycles. The number of carbonyl (C=O) groups is 1. The van der Waals surface area contributed by atoms with Gasteiger partial charge in [-0.2, -0.15) is 11.8 Å². The lowest BCUT2D eigenvalue weighted by molar-refractivity contribution is 0.0689. The van der Waals surface area contributed by atoms with Crippen LogP contribution in [0.4, 0.5) is 10.1 Å². The van der Waals surface area contributed by atoms with Crippen LogP contribution in [0, 0.1) is 5.82 Å².